The summed E-state index contributed by atoms with van der Waals surface area (Å²) in [6.45, 7) is 10.7. The molecule has 1 aliphatic heterocycles. The van der Waals surface area contributed by atoms with E-state index in [9.17, 15) is 9.59 Å². The van der Waals surface area contributed by atoms with Gasteiger partial charge in [-0.25, -0.2) is 4.79 Å². The fourth-order valence-corrected chi connectivity index (χ4v) is 4.88. The number of carbonyl (C=O) groups is 2. The van der Waals surface area contributed by atoms with Crippen molar-refractivity contribution in [2.45, 2.75) is 110 Å². The summed E-state index contributed by atoms with van der Waals surface area (Å²) < 4.78 is 10.9. The number of likely N-dealkylation sites (tertiary alicyclic amines) is 1. The average Bonchev–Trinajstić information content (AvgIpc) is 2.85. The summed E-state index contributed by atoms with van der Waals surface area (Å²) in [4.78, 5) is 27.9. The number of ether oxygens (including phenoxy) is 2. The highest BCUT2D eigenvalue weighted by atomic mass is 16.6. The number of hydrogen-bond acceptors (Lipinski definition) is 4. The summed E-state index contributed by atoms with van der Waals surface area (Å²) in [5, 5.41) is 2.94. The van der Waals surface area contributed by atoms with Gasteiger partial charge in [-0.15, -0.1) is 0 Å². The third-order valence-electron chi connectivity index (χ3n) is 6.76. The summed E-state index contributed by atoms with van der Waals surface area (Å²) in [6, 6.07) is -0.343. The number of rotatable bonds is 7. The molecule has 0 aromatic heterocycles. The Morgan fingerprint density at radius 2 is 1.72 bits per heavy atom. The molecule has 1 N–H and O–H groups in total. The van der Waals surface area contributed by atoms with Crippen molar-refractivity contribution in [3.8, 4) is 0 Å². The second-order valence-electron chi connectivity index (χ2n) is 9.82. The van der Waals surface area contributed by atoms with Gasteiger partial charge in [0.25, 0.3) is 0 Å². The molecule has 2 fully saturated rings. The maximum Gasteiger partial charge on any atom is 0.408 e. The van der Waals surface area contributed by atoms with Crippen molar-refractivity contribution >= 4 is 12.0 Å². The van der Waals surface area contributed by atoms with Crippen molar-refractivity contribution < 1.29 is 19.1 Å². The minimum absolute atomic E-state index is 0.0582. The van der Waals surface area contributed by atoms with Crippen molar-refractivity contribution in [1.82, 2.24) is 10.2 Å². The fraction of sp³-hybridized carbons (Fsp3) is 0.913. The van der Waals surface area contributed by atoms with Gasteiger partial charge < -0.3 is 19.7 Å². The molecule has 1 aliphatic carbocycles. The SMILES string of the molecule is COC(C)(C)C[C@H]1CCN(C(=O)C(NC(=O)OC(C)C)C2CCCCCC2)C1C. The van der Waals surface area contributed by atoms with Crippen molar-refractivity contribution in [3.63, 3.8) is 0 Å². The average molecular weight is 411 g/mol. The predicted molar refractivity (Wildman–Crippen MR) is 115 cm³/mol. The Morgan fingerprint density at radius 1 is 1.10 bits per heavy atom. The first-order valence-corrected chi connectivity index (χ1v) is 11.5. The van der Waals surface area contributed by atoms with Gasteiger partial charge in [-0.3, -0.25) is 4.79 Å². The molecule has 1 heterocycles. The fourth-order valence-electron chi connectivity index (χ4n) is 4.88. The van der Waals surface area contributed by atoms with E-state index in [-0.39, 0.29) is 29.6 Å². The van der Waals surface area contributed by atoms with E-state index in [4.69, 9.17) is 9.47 Å². The molecular formula is C23H42N2O4. The highest BCUT2D eigenvalue weighted by Crippen LogP contribution is 2.34. The largest absolute Gasteiger partial charge is 0.447 e. The minimum atomic E-state index is -0.490. The molecular weight excluding hydrogens is 368 g/mol. The van der Waals surface area contributed by atoms with Gasteiger partial charge in [-0.1, -0.05) is 25.7 Å². The quantitative estimate of drug-likeness (QED) is 0.627. The Hall–Kier alpha value is -1.30. The zero-order valence-electron chi connectivity index (χ0n) is 19.3. The van der Waals surface area contributed by atoms with Crippen LogP contribution >= 0.6 is 0 Å². The molecule has 0 radical (unpaired) electrons. The van der Waals surface area contributed by atoms with Gasteiger partial charge in [-0.2, -0.15) is 0 Å². The Bertz CT molecular complexity index is 541. The number of alkyl carbamates (subject to hydrolysis) is 1. The maximum atomic E-state index is 13.6. The summed E-state index contributed by atoms with van der Waals surface area (Å²) in [7, 11) is 1.74. The van der Waals surface area contributed by atoms with Crippen LogP contribution in [0.2, 0.25) is 0 Å². The van der Waals surface area contributed by atoms with Crippen LogP contribution in [0.25, 0.3) is 0 Å². The van der Waals surface area contributed by atoms with Crippen LogP contribution in [0, 0.1) is 11.8 Å². The first kappa shape index (κ1) is 24.0. The second kappa shape index (κ2) is 10.6. The lowest BCUT2D eigenvalue weighted by Crippen LogP contribution is -2.54. The van der Waals surface area contributed by atoms with Crippen LogP contribution in [-0.2, 0) is 14.3 Å². The Kier molecular flexibility index (Phi) is 8.80. The summed E-state index contributed by atoms with van der Waals surface area (Å²) in [5.41, 5.74) is -0.196. The van der Waals surface area contributed by atoms with Gasteiger partial charge in [0.05, 0.1) is 11.7 Å². The standard InChI is InChI=1S/C23H42N2O4/c1-16(2)29-22(27)24-20(18-11-9-7-8-10-12-18)21(26)25-14-13-19(17(25)3)15-23(4,5)28-6/h16-20H,7-15H2,1-6H3,(H,24,27)/t17?,19-,20?/m1/s1. The zero-order valence-corrected chi connectivity index (χ0v) is 19.3. The lowest BCUT2D eigenvalue weighted by atomic mass is 9.88. The first-order valence-electron chi connectivity index (χ1n) is 11.5. The Balaban J connectivity index is 2.12. The van der Waals surface area contributed by atoms with E-state index in [0.717, 1.165) is 45.1 Å². The molecule has 0 aromatic rings. The van der Waals surface area contributed by atoms with Crippen molar-refractivity contribution in [2.75, 3.05) is 13.7 Å². The molecule has 2 aliphatic rings. The third-order valence-corrected chi connectivity index (χ3v) is 6.76. The maximum absolute atomic E-state index is 13.6. The number of amides is 2. The van der Waals surface area contributed by atoms with Crippen LogP contribution in [0.15, 0.2) is 0 Å². The zero-order chi connectivity index (χ0) is 21.6. The van der Waals surface area contributed by atoms with E-state index in [1.165, 1.54) is 12.8 Å². The molecule has 0 aromatic carbocycles. The van der Waals surface area contributed by atoms with E-state index in [1.54, 1.807) is 7.11 Å². The molecule has 29 heavy (non-hydrogen) atoms. The number of hydrogen-bond donors (Lipinski definition) is 1. The highest BCUT2D eigenvalue weighted by molar-refractivity contribution is 5.86. The molecule has 1 saturated heterocycles. The van der Waals surface area contributed by atoms with Crippen LogP contribution < -0.4 is 5.32 Å². The van der Waals surface area contributed by atoms with Gasteiger partial charge in [0.1, 0.15) is 6.04 Å². The van der Waals surface area contributed by atoms with Gasteiger partial charge in [0.15, 0.2) is 0 Å². The lowest BCUT2D eigenvalue weighted by molar-refractivity contribution is -0.136. The van der Waals surface area contributed by atoms with E-state index in [1.807, 2.05) is 18.7 Å². The first-order chi connectivity index (χ1) is 13.6. The van der Waals surface area contributed by atoms with Gasteiger partial charge in [-0.05, 0) is 72.1 Å². The van der Waals surface area contributed by atoms with Gasteiger partial charge in [0, 0.05) is 19.7 Å². The normalized spacial score (nSPS) is 25.0. The van der Waals surface area contributed by atoms with Crippen LogP contribution in [-0.4, -0.2) is 54.3 Å². The lowest BCUT2D eigenvalue weighted by Gasteiger charge is -2.34. The van der Waals surface area contributed by atoms with E-state index >= 15 is 0 Å². The summed E-state index contributed by atoms with van der Waals surface area (Å²) in [6.07, 6.45) is 7.85. The number of carbonyl (C=O) groups excluding carboxylic acids is 2. The molecule has 2 rings (SSSR count). The number of methoxy groups -OCH3 is 1. The third kappa shape index (κ3) is 6.87. The summed E-state index contributed by atoms with van der Waals surface area (Å²) in [5.74, 6) is 0.653. The van der Waals surface area contributed by atoms with Gasteiger partial charge in [0.2, 0.25) is 5.91 Å². The van der Waals surface area contributed by atoms with Crippen LogP contribution in [0.1, 0.15) is 86.0 Å². The van der Waals surface area contributed by atoms with E-state index in [0.29, 0.717) is 5.92 Å². The van der Waals surface area contributed by atoms with Crippen LogP contribution in [0.3, 0.4) is 0 Å². The predicted octanol–water partition coefficient (Wildman–Crippen LogP) is 4.51. The second-order valence-corrected chi connectivity index (χ2v) is 9.82. The van der Waals surface area contributed by atoms with Crippen LogP contribution in [0.5, 0.6) is 0 Å². The smallest absolute Gasteiger partial charge is 0.408 e. The molecule has 2 unspecified atom stereocenters. The van der Waals surface area contributed by atoms with E-state index < -0.39 is 12.1 Å². The van der Waals surface area contributed by atoms with E-state index in [2.05, 4.69) is 26.1 Å². The monoisotopic (exact) mass is 410 g/mol. The van der Waals surface area contributed by atoms with Crippen molar-refractivity contribution in [3.05, 3.63) is 0 Å². The topological polar surface area (TPSA) is 67.9 Å². The highest BCUT2D eigenvalue weighted by Gasteiger charge is 2.41. The van der Waals surface area contributed by atoms with Gasteiger partial charge >= 0.3 is 6.09 Å². The van der Waals surface area contributed by atoms with Crippen molar-refractivity contribution in [2.24, 2.45) is 11.8 Å². The van der Waals surface area contributed by atoms with Crippen LogP contribution in [0.4, 0.5) is 4.79 Å². The minimum Gasteiger partial charge on any atom is -0.447 e. The number of nitrogens with zero attached hydrogens (tertiary/aromatic N) is 1. The molecule has 2 amide bonds. The molecule has 0 bridgehead atoms. The molecule has 168 valence electrons. The molecule has 0 spiro atoms. The molecule has 6 heteroatoms. The molecule has 6 nitrogen and oxygen atoms in total. The Morgan fingerprint density at radius 3 is 2.28 bits per heavy atom. The summed E-state index contributed by atoms with van der Waals surface area (Å²) >= 11 is 0. The molecule has 3 atom stereocenters. The van der Waals surface area contributed by atoms with Crippen molar-refractivity contribution in [1.29, 1.82) is 0 Å². The molecule has 1 saturated carbocycles. The Labute approximate surface area is 177 Å². The number of nitrogens with one attached hydrogen (secondary N) is 1.